The molecule has 1 fully saturated rings. The third kappa shape index (κ3) is 3.93. The van der Waals surface area contributed by atoms with Crippen molar-refractivity contribution in [3.05, 3.63) is 59.7 Å². The van der Waals surface area contributed by atoms with Gasteiger partial charge in [-0.3, -0.25) is 14.5 Å². The summed E-state index contributed by atoms with van der Waals surface area (Å²) in [5.41, 5.74) is 0.415. The van der Waals surface area contributed by atoms with Gasteiger partial charge in [-0.2, -0.15) is 0 Å². The lowest BCUT2D eigenvalue weighted by molar-refractivity contribution is -0.134. The van der Waals surface area contributed by atoms with Crippen molar-refractivity contribution in [3.8, 4) is 11.5 Å². The van der Waals surface area contributed by atoms with E-state index in [0.717, 1.165) is 16.9 Å². The Morgan fingerprint density at radius 3 is 2.65 bits per heavy atom. The second-order valence-corrected chi connectivity index (χ2v) is 7.83. The SMILES string of the molecule is CCC(CNC(=O)CN1C(=O)NC(C)(c2ccc3c(c2)OCO3)C1=O)c1ccccc1. The van der Waals surface area contributed by atoms with E-state index in [1.54, 1.807) is 25.1 Å². The molecule has 2 N–H and O–H groups in total. The van der Waals surface area contributed by atoms with Crippen molar-refractivity contribution in [2.24, 2.45) is 0 Å². The maximum atomic E-state index is 13.1. The Morgan fingerprint density at radius 2 is 1.90 bits per heavy atom. The minimum atomic E-state index is -1.28. The molecule has 8 heteroatoms. The summed E-state index contributed by atoms with van der Waals surface area (Å²) in [5, 5.41) is 5.56. The molecule has 31 heavy (non-hydrogen) atoms. The molecule has 0 aliphatic carbocycles. The quantitative estimate of drug-likeness (QED) is 0.667. The van der Waals surface area contributed by atoms with E-state index in [4.69, 9.17) is 9.47 Å². The van der Waals surface area contributed by atoms with Gasteiger partial charge in [-0.25, -0.2) is 4.79 Å². The smallest absolute Gasteiger partial charge is 0.325 e. The molecule has 2 aliphatic rings. The molecule has 0 aromatic heterocycles. The van der Waals surface area contributed by atoms with E-state index in [1.165, 1.54) is 0 Å². The van der Waals surface area contributed by atoms with Gasteiger partial charge >= 0.3 is 6.03 Å². The molecular formula is C23H25N3O5. The minimum absolute atomic E-state index is 0.115. The lowest BCUT2D eigenvalue weighted by atomic mass is 9.91. The number of benzene rings is 2. The summed E-state index contributed by atoms with van der Waals surface area (Å²) < 4.78 is 10.7. The molecule has 2 heterocycles. The Balaban J connectivity index is 1.41. The number of urea groups is 1. The normalized spacial score (nSPS) is 20.5. The molecule has 2 aromatic rings. The van der Waals surface area contributed by atoms with Crippen LogP contribution < -0.4 is 20.1 Å². The molecule has 2 atom stereocenters. The molecule has 4 rings (SSSR count). The fourth-order valence-electron chi connectivity index (χ4n) is 3.90. The summed E-state index contributed by atoms with van der Waals surface area (Å²) in [6.07, 6.45) is 0.857. The number of carbonyl (C=O) groups excluding carboxylic acids is 3. The molecule has 162 valence electrons. The van der Waals surface area contributed by atoms with Gasteiger partial charge in [0.1, 0.15) is 12.1 Å². The van der Waals surface area contributed by atoms with Crippen LogP contribution in [0, 0.1) is 0 Å². The van der Waals surface area contributed by atoms with Gasteiger partial charge in [0, 0.05) is 12.5 Å². The second kappa shape index (κ2) is 8.29. The fraction of sp³-hybridized carbons (Fsp3) is 0.348. The van der Waals surface area contributed by atoms with Gasteiger partial charge in [0.15, 0.2) is 11.5 Å². The summed E-state index contributed by atoms with van der Waals surface area (Å²) in [6, 6.07) is 14.4. The van der Waals surface area contributed by atoms with Gasteiger partial charge in [-0.15, -0.1) is 0 Å². The van der Waals surface area contributed by atoms with Gasteiger partial charge in [0.2, 0.25) is 12.7 Å². The van der Waals surface area contributed by atoms with Crippen molar-refractivity contribution in [3.63, 3.8) is 0 Å². The van der Waals surface area contributed by atoms with Crippen LogP contribution in [0.1, 0.15) is 37.3 Å². The highest BCUT2D eigenvalue weighted by Crippen LogP contribution is 2.37. The first kappa shape index (κ1) is 20.7. The van der Waals surface area contributed by atoms with Crippen LogP contribution in [-0.2, 0) is 15.1 Å². The average molecular weight is 423 g/mol. The Bertz CT molecular complexity index is 1010. The average Bonchev–Trinajstić information content (AvgIpc) is 3.33. The topological polar surface area (TPSA) is 97.0 Å². The zero-order valence-electron chi connectivity index (χ0n) is 17.5. The highest BCUT2D eigenvalue weighted by molar-refractivity contribution is 6.09. The highest BCUT2D eigenvalue weighted by atomic mass is 16.7. The number of imide groups is 1. The van der Waals surface area contributed by atoms with E-state index in [2.05, 4.69) is 17.6 Å². The minimum Gasteiger partial charge on any atom is -0.454 e. The van der Waals surface area contributed by atoms with Gasteiger partial charge < -0.3 is 20.1 Å². The van der Waals surface area contributed by atoms with Crippen molar-refractivity contribution in [2.45, 2.75) is 31.7 Å². The molecule has 8 nitrogen and oxygen atoms in total. The van der Waals surface area contributed by atoms with Crippen LogP contribution in [0.15, 0.2) is 48.5 Å². The van der Waals surface area contributed by atoms with E-state index in [1.807, 2.05) is 30.3 Å². The van der Waals surface area contributed by atoms with Gasteiger partial charge in [-0.05, 0) is 36.6 Å². The van der Waals surface area contributed by atoms with E-state index < -0.39 is 17.5 Å². The number of amides is 4. The molecule has 0 spiro atoms. The number of nitrogens with one attached hydrogen (secondary N) is 2. The number of nitrogens with zero attached hydrogens (tertiary/aromatic N) is 1. The summed E-state index contributed by atoms with van der Waals surface area (Å²) in [6.45, 7) is 3.88. The van der Waals surface area contributed by atoms with Gasteiger partial charge in [0.25, 0.3) is 5.91 Å². The second-order valence-electron chi connectivity index (χ2n) is 7.83. The van der Waals surface area contributed by atoms with Gasteiger partial charge in [-0.1, -0.05) is 43.3 Å². The van der Waals surface area contributed by atoms with Crippen LogP contribution in [0.3, 0.4) is 0 Å². The fourth-order valence-corrected chi connectivity index (χ4v) is 3.90. The molecule has 0 saturated carbocycles. The van der Waals surface area contributed by atoms with Crippen LogP contribution >= 0.6 is 0 Å². The number of hydrogen-bond donors (Lipinski definition) is 2. The first-order valence-electron chi connectivity index (χ1n) is 10.3. The molecule has 1 saturated heterocycles. The van der Waals surface area contributed by atoms with Crippen LogP contribution in [0.2, 0.25) is 0 Å². The number of ether oxygens (including phenoxy) is 2. The Morgan fingerprint density at radius 1 is 1.16 bits per heavy atom. The number of fused-ring (bicyclic) bond motifs is 1. The highest BCUT2D eigenvalue weighted by Gasteiger charge is 2.49. The van der Waals surface area contributed by atoms with Crippen LogP contribution in [0.4, 0.5) is 4.79 Å². The standard InChI is InChI=1S/C23H25N3O5/c1-3-15(16-7-5-4-6-8-16)12-24-20(27)13-26-21(28)23(2,25-22(26)29)17-9-10-18-19(11-17)31-14-30-18/h4-11,15H,3,12-14H2,1-2H3,(H,24,27)(H,25,29). The van der Waals surface area contributed by atoms with Gasteiger partial charge in [0.05, 0.1) is 0 Å². The summed E-state index contributed by atoms with van der Waals surface area (Å²) in [5.74, 6) is 0.398. The first-order chi connectivity index (χ1) is 14.9. The zero-order chi connectivity index (χ0) is 22.0. The van der Waals surface area contributed by atoms with Crippen molar-refractivity contribution >= 4 is 17.8 Å². The maximum Gasteiger partial charge on any atom is 0.325 e. The summed E-state index contributed by atoms with van der Waals surface area (Å²) >= 11 is 0. The third-order valence-corrected chi connectivity index (χ3v) is 5.84. The predicted octanol–water partition coefficient (Wildman–Crippen LogP) is 2.49. The van der Waals surface area contributed by atoms with E-state index in [0.29, 0.717) is 23.6 Å². The number of carbonyl (C=O) groups is 3. The zero-order valence-corrected chi connectivity index (χ0v) is 17.5. The Labute approximate surface area is 180 Å². The summed E-state index contributed by atoms with van der Waals surface area (Å²) in [4.78, 5) is 39.1. The lowest BCUT2D eigenvalue weighted by Crippen LogP contribution is -2.43. The largest absolute Gasteiger partial charge is 0.454 e. The molecular weight excluding hydrogens is 398 g/mol. The predicted molar refractivity (Wildman–Crippen MR) is 113 cm³/mol. The maximum absolute atomic E-state index is 13.1. The van der Waals surface area contributed by atoms with Crippen molar-refractivity contribution in [1.29, 1.82) is 0 Å². The van der Waals surface area contributed by atoms with Crippen molar-refractivity contribution in [1.82, 2.24) is 15.5 Å². The molecule has 2 aromatic carbocycles. The molecule has 2 unspecified atom stereocenters. The molecule has 2 aliphatic heterocycles. The third-order valence-electron chi connectivity index (χ3n) is 5.84. The number of rotatable bonds is 7. The molecule has 4 amide bonds. The Kier molecular flexibility index (Phi) is 5.54. The summed E-state index contributed by atoms with van der Waals surface area (Å²) in [7, 11) is 0. The van der Waals surface area contributed by atoms with E-state index in [-0.39, 0.29) is 25.2 Å². The monoisotopic (exact) mass is 423 g/mol. The van der Waals surface area contributed by atoms with Crippen LogP contribution in [0.5, 0.6) is 11.5 Å². The van der Waals surface area contributed by atoms with Crippen molar-refractivity contribution in [2.75, 3.05) is 19.9 Å². The van der Waals surface area contributed by atoms with Crippen LogP contribution in [-0.4, -0.2) is 42.6 Å². The van der Waals surface area contributed by atoms with E-state index in [9.17, 15) is 14.4 Å². The number of hydrogen-bond acceptors (Lipinski definition) is 5. The lowest BCUT2D eigenvalue weighted by Gasteiger charge is -2.22. The molecule has 0 bridgehead atoms. The van der Waals surface area contributed by atoms with E-state index >= 15 is 0 Å². The first-order valence-corrected chi connectivity index (χ1v) is 10.3. The Hall–Kier alpha value is -3.55. The van der Waals surface area contributed by atoms with Crippen molar-refractivity contribution < 1.29 is 23.9 Å². The van der Waals surface area contributed by atoms with Crippen LogP contribution in [0.25, 0.3) is 0 Å². The molecule has 0 radical (unpaired) electrons.